The van der Waals surface area contributed by atoms with Crippen molar-refractivity contribution in [3.63, 3.8) is 0 Å². The summed E-state index contributed by atoms with van der Waals surface area (Å²) in [5.74, 6) is -1.35. The fraction of sp³-hybridized carbons (Fsp3) is 0.414. The standard InChI is InChI=1S/C27H32N2O4.C2HF3O2/c1-17-14-21(29(3,4)5)8-10-23(17)27-28-25(18(2)33-27)12-13-32-22-9-11-24-19(15-22)6-7-20(24)16-26(30)31;3-2(4,5)1(6)7/h8-11,14-15,20H,6-7,12-13,16H2,1-5H3;(H,6,7)/t20-;/m0./s1. The number of benzene rings is 2. The number of nitrogens with zero attached hydrogens (tertiary/aromatic N) is 2. The van der Waals surface area contributed by atoms with Gasteiger partial charge in [0.05, 0.1) is 39.9 Å². The Labute approximate surface area is 230 Å². The lowest BCUT2D eigenvalue weighted by Crippen LogP contribution is -2.37. The first kappa shape index (κ1) is 30.7. The summed E-state index contributed by atoms with van der Waals surface area (Å²) in [6.45, 7) is 4.54. The predicted molar refractivity (Wildman–Crippen MR) is 141 cm³/mol. The number of aliphatic carboxylic acids is 2. The summed E-state index contributed by atoms with van der Waals surface area (Å²) in [6.07, 6.45) is -2.55. The summed E-state index contributed by atoms with van der Waals surface area (Å²) in [4.78, 5) is 24.6. The van der Waals surface area contributed by atoms with E-state index in [1.165, 1.54) is 11.3 Å². The van der Waals surface area contributed by atoms with E-state index in [0.29, 0.717) is 18.9 Å². The molecule has 0 saturated carbocycles. The van der Waals surface area contributed by atoms with E-state index in [4.69, 9.17) is 29.1 Å². The van der Waals surface area contributed by atoms with Gasteiger partial charge in [-0.05, 0) is 73.6 Å². The van der Waals surface area contributed by atoms with Crippen molar-refractivity contribution in [3.8, 4) is 17.2 Å². The molecule has 216 valence electrons. The molecule has 2 aromatic carbocycles. The Balaban J connectivity index is 0.000000559. The van der Waals surface area contributed by atoms with Gasteiger partial charge in [-0.1, -0.05) is 6.07 Å². The van der Waals surface area contributed by atoms with E-state index in [1.807, 2.05) is 19.1 Å². The van der Waals surface area contributed by atoms with Crippen LogP contribution >= 0.6 is 0 Å². The Hall–Kier alpha value is -3.86. The molecular formula is C29H33F3N2O6. The number of hydrogen-bond donors (Lipinski definition) is 1. The topological polar surface area (TPSA) is 113 Å². The number of halogens is 3. The van der Waals surface area contributed by atoms with E-state index in [1.54, 1.807) is 0 Å². The number of fused-ring (bicyclic) bond motifs is 1. The molecule has 1 aliphatic rings. The molecule has 0 radical (unpaired) electrons. The van der Waals surface area contributed by atoms with Crippen molar-refractivity contribution in [1.29, 1.82) is 0 Å². The molecule has 0 spiro atoms. The van der Waals surface area contributed by atoms with E-state index in [2.05, 4.69) is 52.3 Å². The zero-order valence-electron chi connectivity index (χ0n) is 23.1. The number of aromatic nitrogens is 1. The second-order valence-corrected chi connectivity index (χ2v) is 10.6. The molecule has 0 bridgehead atoms. The molecule has 1 N–H and O–H groups in total. The monoisotopic (exact) mass is 562 g/mol. The quantitative estimate of drug-likeness (QED) is 0.400. The van der Waals surface area contributed by atoms with Crippen LogP contribution in [0.1, 0.15) is 46.9 Å². The van der Waals surface area contributed by atoms with Gasteiger partial charge in [0, 0.05) is 18.1 Å². The van der Waals surface area contributed by atoms with Crippen LogP contribution in [0.3, 0.4) is 0 Å². The molecule has 8 nitrogen and oxygen atoms in total. The minimum absolute atomic E-state index is 0.114. The Morgan fingerprint density at radius 1 is 1.15 bits per heavy atom. The molecule has 1 aromatic heterocycles. The van der Waals surface area contributed by atoms with E-state index in [0.717, 1.165) is 51.2 Å². The van der Waals surface area contributed by atoms with Gasteiger partial charge in [-0.15, -0.1) is 0 Å². The highest BCUT2D eigenvalue weighted by Gasteiger charge is 2.29. The highest BCUT2D eigenvalue weighted by Crippen LogP contribution is 2.37. The number of ether oxygens (including phenoxy) is 1. The fourth-order valence-corrected chi connectivity index (χ4v) is 4.54. The van der Waals surface area contributed by atoms with Gasteiger partial charge in [0.2, 0.25) is 5.89 Å². The molecule has 40 heavy (non-hydrogen) atoms. The average molecular weight is 563 g/mol. The highest BCUT2D eigenvalue weighted by atomic mass is 19.4. The number of carbonyl (C=O) groups excluding carboxylic acids is 1. The minimum Gasteiger partial charge on any atom is -0.542 e. The van der Waals surface area contributed by atoms with Crippen LogP contribution < -0.4 is 14.3 Å². The van der Waals surface area contributed by atoms with Gasteiger partial charge in [-0.3, -0.25) is 9.28 Å². The molecule has 1 heterocycles. The number of aryl methyl sites for hydroxylation is 3. The lowest BCUT2D eigenvalue weighted by atomic mass is 9.98. The maximum atomic E-state index is 11.1. The largest absolute Gasteiger partial charge is 0.542 e. The van der Waals surface area contributed by atoms with Crippen LogP contribution in [0.5, 0.6) is 5.75 Å². The Bertz CT molecular complexity index is 1380. The first-order chi connectivity index (χ1) is 18.6. The van der Waals surface area contributed by atoms with Crippen molar-refractivity contribution in [3.05, 3.63) is 64.5 Å². The van der Waals surface area contributed by atoms with Crippen LogP contribution in [-0.4, -0.2) is 56.0 Å². The van der Waals surface area contributed by atoms with Crippen LogP contribution in [0.25, 0.3) is 11.5 Å². The Kier molecular flexibility index (Phi) is 9.29. The smallest absolute Gasteiger partial charge is 0.430 e. The van der Waals surface area contributed by atoms with Gasteiger partial charge < -0.3 is 24.2 Å². The minimum atomic E-state index is -5.19. The van der Waals surface area contributed by atoms with Crippen molar-refractivity contribution < 1.29 is 42.1 Å². The number of carboxylic acids is 2. The van der Waals surface area contributed by atoms with Crippen molar-refractivity contribution in [2.45, 2.75) is 51.6 Å². The zero-order valence-corrected chi connectivity index (χ0v) is 23.1. The summed E-state index contributed by atoms with van der Waals surface area (Å²) in [5, 5.41) is 17.9. The molecule has 1 aliphatic carbocycles. The Morgan fingerprint density at radius 3 is 2.40 bits per heavy atom. The second kappa shape index (κ2) is 12.1. The van der Waals surface area contributed by atoms with E-state index >= 15 is 0 Å². The normalized spacial score (nSPS) is 14.8. The van der Waals surface area contributed by atoms with Gasteiger partial charge in [0.15, 0.2) is 0 Å². The zero-order chi connectivity index (χ0) is 29.8. The van der Waals surface area contributed by atoms with Crippen molar-refractivity contribution in [1.82, 2.24) is 9.47 Å². The Morgan fingerprint density at radius 2 is 1.82 bits per heavy atom. The first-order valence-electron chi connectivity index (χ1n) is 12.7. The van der Waals surface area contributed by atoms with Crippen molar-refractivity contribution in [2.24, 2.45) is 0 Å². The van der Waals surface area contributed by atoms with Gasteiger partial charge in [-0.2, -0.15) is 13.2 Å². The molecule has 0 amide bonds. The third-order valence-electron chi connectivity index (χ3n) is 6.68. The summed E-state index contributed by atoms with van der Waals surface area (Å²) in [6, 6.07) is 12.4. The summed E-state index contributed by atoms with van der Waals surface area (Å²) in [5.41, 5.74) is 6.64. The van der Waals surface area contributed by atoms with Gasteiger partial charge in [0.1, 0.15) is 23.2 Å². The van der Waals surface area contributed by atoms with Crippen LogP contribution in [0.4, 0.5) is 18.9 Å². The number of oxazole rings is 1. The third-order valence-corrected chi connectivity index (χ3v) is 6.68. The molecule has 1 atom stereocenters. The average Bonchev–Trinajstić information content (AvgIpc) is 3.40. The summed E-state index contributed by atoms with van der Waals surface area (Å²) in [7, 11) is 6.45. The first-order valence-corrected chi connectivity index (χ1v) is 12.7. The third kappa shape index (κ3) is 7.84. The second-order valence-electron chi connectivity index (χ2n) is 10.6. The maximum absolute atomic E-state index is 11.1. The molecule has 4 rings (SSSR count). The van der Waals surface area contributed by atoms with Crippen LogP contribution in [-0.2, 0) is 22.4 Å². The SMILES string of the molecule is Cc1cc([N+](C)(C)C)ccc1-c1nc(CCOc2ccc3c(c2)CC[C@H]3CC(=O)O)c(C)o1.O=C([O-])C(F)(F)F. The lowest BCUT2D eigenvalue weighted by Gasteiger charge is -2.24. The molecule has 0 fully saturated rings. The maximum Gasteiger partial charge on any atom is 0.430 e. The molecule has 0 saturated heterocycles. The molecule has 11 heteroatoms. The van der Waals surface area contributed by atoms with E-state index in [-0.39, 0.29) is 12.3 Å². The predicted octanol–water partition coefficient (Wildman–Crippen LogP) is 4.58. The number of rotatable bonds is 8. The van der Waals surface area contributed by atoms with Gasteiger partial charge in [-0.25, -0.2) is 4.98 Å². The lowest BCUT2D eigenvalue weighted by molar-refractivity contribution is -0.344. The van der Waals surface area contributed by atoms with Crippen LogP contribution in [0.15, 0.2) is 40.8 Å². The molecule has 3 aromatic rings. The van der Waals surface area contributed by atoms with E-state index < -0.39 is 18.1 Å². The molecule has 0 unspecified atom stereocenters. The van der Waals surface area contributed by atoms with Crippen molar-refractivity contribution >= 4 is 17.6 Å². The highest BCUT2D eigenvalue weighted by molar-refractivity contribution is 5.70. The van der Waals surface area contributed by atoms with Crippen LogP contribution in [0.2, 0.25) is 0 Å². The number of alkyl halides is 3. The summed E-state index contributed by atoms with van der Waals surface area (Å²) >= 11 is 0. The van der Waals surface area contributed by atoms with Gasteiger partial charge >= 0.3 is 12.1 Å². The molecule has 0 aliphatic heterocycles. The summed E-state index contributed by atoms with van der Waals surface area (Å²) < 4.78 is 44.3. The fourth-order valence-electron chi connectivity index (χ4n) is 4.54. The molecular weight excluding hydrogens is 529 g/mol. The number of carbonyl (C=O) groups is 2. The number of hydrogen-bond acceptors (Lipinski definition) is 6. The number of quaternary nitrogens is 1. The van der Waals surface area contributed by atoms with Crippen LogP contribution in [0, 0.1) is 13.8 Å². The van der Waals surface area contributed by atoms with E-state index in [9.17, 15) is 18.0 Å². The van der Waals surface area contributed by atoms with Crippen molar-refractivity contribution in [2.75, 3.05) is 27.7 Å². The number of carboxylic acid groups (broad SMARTS) is 2. The van der Waals surface area contributed by atoms with Gasteiger partial charge in [0.25, 0.3) is 0 Å².